The van der Waals surface area contributed by atoms with E-state index in [0.29, 0.717) is 12.0 Å². The summed E-state index contributed by atoms with van der Waals surface area (Å²) in [6, 6.07) is 9.36. The molecule has 90 valence electrons. The van der Waals surface area contributed by atoms with Gasteiger partial charge in [0.25, 0.3) is 0 Å². The molecule has 1 N–H and O–H groups in total. The molecule has 0 heterocycles. The third-order valence-electron chi connectivity index (χ3n) is 3.40. The number of nitrogens with one attached hydrogen (secondary N) is 1. The highest BCUT2D eigenvalue weighted by Gasteiger charge is 2.15. The van der Waals surface area contributed by atoms with E-state index < -0.39 is 0 Å². The van der Waals surface area contributed by atoms with Gasteiger partial charge in [-0.25, -0.2) is 0 Å². The molecule has 2 unspecified atom stereocenters. The first-order chi connectivity index (χ1) is 7.69. The minimum absolute atomic E-state index is 0.643. The highest BCUT2D eigenvalue weighted by Crippen LogP contribution is 2.17. The molecule has 0 aliphatic carbocycles. The third-order valence-corrected chi connectivity index (χ3v) is 3.40. The van der Waals surface area contributed by atoms with E-state index in [1.54, 1.807) is 0 Å². The molecule has 1 heteroatoms. The van der Waals surface area contributed by atoms with Crippen LogP contribution in [0, 0.1) is 12.8 Å². The first-order valence-electron chi connectivity index (χ1n) is 6.46. The van der Waals surface area contributed by atoms with Gasteiger partial charge in [-0.2, -0.15) is 0 Å². The van der Waals surface area contributed by atoms with Crippen molar-refractivity contribution in [3.05, 3.63) is 35.4 Å². The van der Waals surface area contributed by atoms with E-state index in [2.05, 4.69) is 57.3 Å². The van der Waals surface area contributed by atoms with Crippen molar-refractivity contribution in [3.63, 3.8) is 0 Å². The molecule has 0 aromatic heterocycles. The molecule has 2 atom stereocenters. The fourth-order valence-electron chi connectivity index (χ4n) is 2.34. The molecular weight excluding hydrogens is 194 g/mol. The summed E-state index contributed by atoms with van der Waals surface area (Å²) in [6.45, 7) is 10.1. The molecule has 1 nitrogen and oxygen atoms in total. The van der Waals surface area contributed by atoms with Gasteiger partial charge in [-0.15, -0.1) is 0 Å². The molecule has 0 amide bonds. The Hall–Kier alpha value is -0.820. The first kappa shape index (κ1) is 13.2. The average molecular weight is 219 g/mol. The summed E-state index contributed by atoms with van der Waals surface area (Å²) in [7, 11) is 0. The van der Waals surface area contributed by atoms with Crippen LogP contribution in [0.3, 0.4) is 0 Å². The molecule has 16 heavy (non-hydrogen) atoms. The Morgan fingerprint density at radius 3 is 2.44 bits per heavy atom. The summed E-state index contributed by atoms with van der Waals surface area (Å²) in [5, 5.41) is 3.57. The largest absolute Gasteiger partial charge is 0.314 e. The number of rotatable bonds is 6. The van der Waals surface area contributed by atoms with Crippen molar-refractivity contribution in [2.75, 3.05) is 6.54 Å². The Morgan fingerprint density at radius 2 is 1.88 bits per heavy atom. The van der Waals surface area contributed by atoms with Crippen LogP contribution in [0.25, 0.3) is 0 Å². The fraction of sp³-hybridized carbons (Fsp3) is 0.600. The molecule has 0 saturated carbocycles. The van der Waals surface area contributed by atoms with Crippen LogP contribution in [-0.2, 0) is 6.42 Å². The van der Waals surface area contributed by atoms with Crippen molar-refractivity contribution < 1.29 is 0 Å². The van der Waals surface area contributed by atoms with Gasteiger partial charge in [0.05, 0.1) is 0 Å². The monoisotopic (exact) mass is 219 g/mol. The second kappa shape index (κ2) is 6.70. The van der Waals surface area contributed by atoms with Crippen LogP contribution < -0.4 is 5.32 Å². The maximum atomic E-state index is 3.57. The van der Waals surface area contributed by atoms with E-state index in [4.69, 9.17) is 0 Å². The van der Waals surface area contributed by atoms with E-state index in [1.165, 1.54) is 24.0 Å². The van der Waals surface area contributed by atoms with E-state index in [-0.39, 0.29) is 0 Å². The standard InChI is InChI=1S/C15H25N/c1-5-15(16-6-2)13(4)11-14-10-8-7-9-12(14)3/h7-10,13,15-16H,5-6,11H2,1-4H3. The van der Waals surface area contributed by atoms with E-state index in [0.717, 1.165) is 6.54 Å². The van der Waals surface area contributed by atoms with Crippen LogP contribution in [0.5, 0.6) is 0 Å². The Bertz CT molecular complexity index is 306. The topological polar surface area (TPSA) is 12.0 Å². The summed E-state index contributed by atoms with van der Waals surface area (Å²) in [5.41, 5.74) is 2.91. The lowest BCUT2D eigenvalue weighted by Crippen LogP contribution is -2.35. The number of hydrogen-bond donors (Lipinski definition) is 1. The number of benzene rings is 1. The molecule has 1 aromatic carbocycles. The van der Waals surface area contributed by atoms with E-state index >= 15 is 0 Å². The van der Waals surface area contributed by atoms with E-state index in [1.807, 2.05) is 0 Å². The van der Waals surface area contributed by atoms with Crippen molar-refractivity contribution >= 4 is 0 Å². The zero-order valence-corrected chi connectivity index (χ0v) is 11.1. The predicted octanol–water partition coefficient (Wildman–Crippen LogP) is 3.56. The lowest BCUT2D eigenvalue weighted by Gasteiger charge is -2.24. The van der Waals surface area contributed by atoms with Crippen LogP contribution in [0.15, 0.2) is 24.3 Å². The average Bonchev–Trinajstić information content (AvgIpc) is 2.29. The minimum atomic E-state index is 0.643. The summed E-state index contributed by atoms with van der Waals surface area (Å²) < 4.78 is 0. The second-order valence-corrected chi connectivity index (χ2v) is 4.68. The van der Waals surface area contributed by atoms with Gasteiger partial charge in [0.2, 0.25) is 0 Å². The lowest BCUT2D eigenvalue weighted by molar-refractivity contribution is 0.370. The van der Waals surface area contributed by atoms with Gasteiger partial charge in [-0.1, -0.05) is 45.0 Å². The van der Waals surface area contributed by atoms with Gasteiger partial charge < -0.3 is 5.32 Å². The molecule has 0 bridgehead atoms. The van der Waals surface area contributed by atoms with Crippen molar-refractivity contribution in [3.8, 4) is 0 Å². The Morgan fingerprint density at radius 1 is 1.19 bits per heavy atom. The van der Waals surface area contributed by atoms with Gasteiger partial charge in [0, 0.05) is 6.04 Å². The lowest BCUT2D eigenvalue weighted by atomic mass is 9.90. The molecule has 0 fully saturated rings. The molecule has 1 aromatic rings. The molecule has 0 radical (unpaired) electrons. The Kier molecular flexibility index (Phi) is 5.54. The highest BCUT2D eigenvalue weighted by molar-refractivity contribution is 5.26. The maximum absolute atomic E-state index is 3.57. The van der Waals surface area contributed by atoms with Crippen LogP contribution in [-0.4, -0.2) is 12.6 Å². The van der Waals surface area contributed by atoms with Gasteiger partial charge in [-0.3, -0.25) is 0 Å². The summed E-state index contributed by atoms with van der Waals surface area (Å²) >= 11 is 0. The molecule has 0 saturated heterocycles. The zero-order chi connectivity index (χ0) is 12.0. The summed E-state index contributed by atoms with van der Waals surface area (Å²) in [4.78, 5) is 0. The van der Waals surface area contributed by atoms with Crippen LogP contribution in [0.1, 0.15) is 38.3 Å². The van der Waals surface area contributed by atoms with Crippen molar-refractivity contribution in [2.45, 2.75) is 46.6 Å². The van der Waals surface area contributed by atoms with Gasteiger partial charge in [-0.05, 0) is 43.4 Å². The quantitative estimate of drug-likeness (QED) is 0.771. The minimum Gasteiger partial charge on any atom is -0.314 e. The first-order valence-corrected chi connectivity index (χ1v) is 6.46. The number of hydrogen-bond acceptors (Lipinski definition) is 1. The van der Waals surface area contributed by atoms with Crippen LogP contribution in [0.4, 0.5) is 0 Å². The summed E-state index contributed by atoms with van der Waals surface area (Å²) in [6.07, 6.45) is 2.39. The second-order valence-electron chi connectivity index (χ2n) is 4.68. The van der Waals surface area contributed by atoms with Gasteiger partial charge >= 0.3 is 0 Å². The smallest absolute Gasteiger partial charge is 0.00931 e. The Balaban J connectivity index is 2.62. The highest BCUT2D eigenvalue weighted by atomic mass is 14.9. The van der Waals surface area contributed by atoms with Gasteiger partial charge in [0.1, 0.15) is 0 Å². The molecular formula is C15H25N. The van der Waals surface area contributed by atoms with E-state index in [9.17, 15) is 0 Å². The SMILES string of the molecule is CCNC(CC)C(C)Cc1ccccc1C. The molecule has 0 aliphatic heterocycles. The Labute approximate surface area is 100 Å². The molecule has 0 aliphatic rings. The molecule has 1 rings (SSSR count). The maximum Gasteiger partial charge on any atom is 0.00931 e. The number of aryl methyl sites for hydroxylation is 1. The van der Waals surface area contributed by atoms with Crippen molar-refractivity contribution in [1.82, 2.24) is 5.32 Å². The third kappa shape index (κ3) is 3.64. The fourth-order valence-corrected chi connectivity index (χ4v) is 2.34. The van der Waals surface area contributed by atoms with Crippen LogP contribution >= 0.6 is 0 Å². The zero-order valence-electron chi connectivity index (χ0n) is 11.1. The molecule has 0 spiro atoms. The van der Waals surface area contributed by atoms with Crippen molar-refractivity contribution in [2.24, 2.45) is 5.92 Å². The predicted molar refractivity (Wildman–Crippen MR) is 71.8 cm³/mol. The normalized spacial score (nSPS) is 14.8. The van der Waals surface area contributed by atoms with Gasteiger partial charge in [0.15, 0.2) is 0 Å². The van der Waals surface area contributed by atoms with Crippen LogP contribution in [0.2, 0.25) is 0 Å². The summed E-state index contributed by atoms with van der Waals surface area (Å²) in [5.74, 6) is 0.700. The van der Waals surface area contributed by atoms with Crippen molar-refractivity contribution in [1.29, 1.82) is 0 Å².